The van der Waals surface area contributed by atoms with Crippen molar-refractivity contribution in [3.05, 3.63) is 70.5 Å². The smallest absolute Gasteiger partial charge is 0.411 e. The van der Waals surface area contributed by atoms with Crippen molar-refractivity contribution in [3.63, 3.8) is 0 Å². The zero-order chi connectivity index (χ0) is 18.5. The van der Waals surface area contributed by atoms with Crippen LogP contribution >= 0.6 is 0 Å². The van der Waals surface area contributed by atoms with E-state index in [1.165, 1.54) is 19.4 Å². The maximum Gasteiger partial charge on any atom is 0.411 e. The van der Waals surface area contributed by atoms with Gasteiger partial charge in [-0.15, -0.1) is 0 Å². The summed E-state index contributed by atoms with van der Waals surface area (Å²) in [5.41, 5.74) is 2.43. The Bertz CT molecular complexity index is 957. The highest BCUT2D eigenvalue weighted by atomic mass is 16.6. The molecule has 0 aliphatic heterocycles. The summed E-state index contributed by atoms with van der Waals surface area (Å²) in [5, 5.41) is 18.2. The Morgan fingerprint density at radius 2 is 1.92 bits per heavy atom. The lowest BCUT2D eigenvalue weighted by molar-refractivity contribution is -0.383. The summed E-state index contributed by atoms with van der Waals surface area (Å²) in [4.78, 5) is 25.9. The molecule has 1 amide bonds. The van der Waals surface area contributed by atoms with Gasteiger partial charge in [-0.05, 0) is 29.8 Å². The van der Waals surface area contributed by atoms with Crippen LogP contribution in [0, 0.1) is 10.1 Å². The average molecular weight is 352 g/mol. The number of aromatic nitrogens is 1. The standard InChI is InChI=1S/C18H16N4O4/c1-26-18(23)21-13-4-2-12(3-5-13)10-20-16-6-7-17(22(24)25)15-11-19-9-8-14(15)16/h2-9,11,20H,10H2,1H3,(H,21,23). The Kier molecular flexibility index (Phi) is 4.93. The van der Waals surface area contributed by atoms with Gasteiger partial charge in [-0.3, -0.25) is 20.4 Å². The SMILES string of the molecule is COC(=O)Nc1ccc(CNc2ccc([N+](=O)[O-])c3cnccc23)cc1. The van der Waals surface area contributed by atoms with Crippen molar-refractivity contribution in [1.29, 1.82) is 0 Å². The van der Waals surface area contributed by atoms with Crippen molar-refractivity contribution in [1.82, 2.24) is 4.98 Å². The minimum Gasteiger partial charge on any atom is -0.453 e. The Morgan fingerprint density at radius 1 is 1.15 bits per heavy atom. The van der Waals surface area contributed by atoms with E-state index in [-0.39, 0.29) is 5.69 Å². The van der Waals surface area contributed by atoms with Crippen molar-refractivity contribution in [2.75, 3.05) is 17.7 Å². The second-order valence-electron chi connectivity index (χ2n) is 5.48. The van der Waals surface area contributed by atoms with Crippen LogP contribution in [0.5, 0.6) is 0 Å². The van der Waals surface area contributed by atoms with E-state index in [1.807, 2.05) is 12.1 Å². The molecule has 0 fully saturated rings. The lowest BCUT2D eigenvalue weighted by Crippen LogP contribution is -2.10. The van der Waals surface area contributed by atoms with E-state index in [0.29, 0.717) is 17.6 Å². The molecule has 0 radical (unpaired) electrons. The zero-order valence-electron chi connectivity index (χ0n) is 13.9. The van der Waals surface area contributed by atoms with Crippen molar-refractivity contribution < 1.29 is 14.5 Å². The number of pyridine rings is 1. The molecule has 8 nitrogen and oxygen atoms in total. The van der Waals surface area contributed by atoms with Crippen LogP contribution in [0.1, 0.15) is 5.56 Å². The number of nitro benzene ring substituents is 1. The zero-order valence-corrected chi connectivity index (χ0v) is 13.9. The minimum absolute atomic E-state index is 0.0249. The van der Waals surface area contributed by atoms with Crippen LogP contribution in [-0.4, -0.2) is 23.1 Å². The number of methoxy groups -OCH3 is 1. The molecule has 0 saturated heterocycles. The summed E-state index contributed by atoms with van der Waals surface area (Å²) in [5.74, 6) is 0. The summed E-state index contributed by atoms with van der Waals surface area (Å²) in [6.07, 6.45) is 2.57. The topological polar surface area (TPSA) is 106 Å². The molecule has 0 bridgehead atoms. The lowest BCUT2D eigenvalue weighted by atomic mass is 10.1. The Labute approximate surface area is 149 Å². The molecule has 0 spiro atoms. The van der Waals surface area contributed by atoms with Gasteiger partial charge in [0.15, 0.2) is 0 Å². The quantitative estimate of drug-likeness (QED) is 0.532. The van der Waals surface area contributed by atoms with Crippen LogP contribution in [0.4, 0.5) is 21.9 Å². The van der Waals surface area contributed by atoms with Crippen LogP contribution in [0.15, 0.2) is 54.9 Å². The van der Waals surface area contributed by atoms with Gasteiger partial charge in [0, 0.05) is 41.8 Å². The van der Waals surface area contributed by atoms with Crippen LogP contribution < -0.4 is 10.6 Å². The monoisotopic (exact) mass is 352 g/mol. The van der Waals surface area contributed by atoms with E-state index in [0.717, 1.165) is 16.6 Å². The van der Waals surface area contributed by atoms with Crippen molar-refractivity contribution >= 4 is 33.9 Å². The molecule has 0 atom stereocenters. The van der Waals surface area contributed by atoms with E-state index in [9.17, 15) is 14.9 Å². The van der Waals surface area contributed by atoms with Gasteiger partial charge in [0.1, 0.15) is 0 Å². The van der Waals surface area contributed by atoms with Crippen molar-refractivity contribution in [2.24, 2.45) is 0 Å². The van der Waals surface area contributed by atoms with Gasteiger partial charge in [0.25, 0.3) is 5.69 Å². The fraction of sp³-hybridized carbons (Fsp3) is 0.111. The molecule has 2 aromatic carbocycles. The highest BCUT2D eigenvalue weighted by Gasteiger charge is 2.14. The largest absolute Gasteiger partial charge is 0.453 e. The molecule has 8 heteroatoms. The van der Waals surface area contributed by atoms with Gasteiger partial charge in [0.2, 0.25) is 0 Å². The summed E-state index contributed by atoms with van der Waals surface area (Å²) < 4.78 is 4.54. The van der Waals surface area contributed by atoms with E-state index >= 15 is 0 Å². The van der Waals surface area contributed by atoms with Gasteiger partial charge in [-0.1, -0.05) is 12.1 Å². The number of nitro groups is 1. The maximum absolute atomic E-state index is 11.2. The summed E-state index contributed by atoms with van der Waals surface area (Å²) in [7, 11) is 1.30. The van der Waals surface area contributed by atoms with Crippen LogP contribution in [0.2, 0.25) is 0 Å². The molecule has 3 rings (SSSR count). The number of carbonyl (C=O) groups is 1. The van der Waals surface area contributed by atoms with Gasteiger partial charge in [-0.25, -0.2) is 4.79 Å². The second kappa shape index (κ2) is 7.47. The molecule has 0 aliphatic rings. The molecule has 26 heavy (non-hydrogen) atoms. The molecule has 132 valence electrons. The number of nitrogens with one attached hydrogen (secondary N) is 2. The molecule has 1 heterocycles. The Hall–Kier alpha value is -3.68. The number of benzene rings is 2. The van der Waals surface area contributed by atoms with Gasteiger partial charge >= 0.3 is 6.09 Å². The number of nitrogens with zero attached hydrogens (tertiary/aromatic N) is 2. The normalized spacial score (nSPS) is 10.3. The predicted octanol–water partition coefficient (Wildman–Crippen LogP) is 3.93. The number of hydrogen-bond acceptors (Lipinski definition) is 6. The second-order valence-corrected chi connectivity index (χ2v) is 5.48. The molecule has 0 saturated carbocycles. The molecule has 0 aliphatic carbocycles. The van der Waals surface area contributed by atoms with E-state index in [2.05, 4.69) is 20.4 Å². The minimum atomic E-state index is -0.526. The molecule has 1 aromatic heterocycles. The first-order valence-corrected chi connectivity index (χ1v) is 7.77. The molecular weight excluding hydrogens is 336 g/mol. The Morgan fingerprint density at radius 3 is 2.62 bits per heavy atom. The highest BCUT2D eigenvalue weighted by molar-refractivity contribution is 5.99. The van der Waals surface area contributed by atoms with E-state index < -0.39 is 11.0 Å². The van der Waals surface area contributed by atoms with Gasteiger partial charge in [-0.2, -0.15) is 0 Å². The molecule has 0 unspecified atom stereocenters. The molecular formula is C18H16N4O4. The number of amides is 1. The lowest BCUT2D eigenvalue weighted by Gasteiger charge is -2.11. The third-order valence-electron chi connectivity index (χ3n) is 3.86. The van der Waals surface area contributed by atoms with Crippen molar-refractivity contribution in [2.45, 2.75) is 6.54 Å². The maximum atomic E-state index is 11.2. The summed E-state index contributed by atoms with van der Waals surface area (Å²) >= 11 is 0. The van der Waals surface area contributed by atoms with Crippen LogP contribution in [-0.2, 0) is 11.3 Å². The number of carbonyl (C=O) groups excluding carboxylic acids is 1. The first kappa shape index (κ1) is 17.2. The number of fused-ring (bicyclic) bond motifs is 1. The third-order valence-corrected chi connectivity index (χ3v) is 3.86. The number of anilines is 2. The summed E-state index contributed by atoms with van der Waals surface area (Å²) in [6, 6.07) is 12.2. The van der Waals surface area contributed by atoms with E-state index in [1.54, 1.807) is 30.5 Å². The van der Waals surface area contributed by atoms with Crippen LogP contribution in [0.25, 0.3) is 10.8 Å². The number of hydrogen-bond donors (Lipinski definition) is 2. The number of non-ortho nitro benzene ring substituents is 1. The molecule has 2 N–H and O–H groups in total. The first-order chi connectivity index (χ1) is 12.6. The fourth-order valence-electron chi connectivity index (χ4n) is 2.56. The molecule has 3 aromatic rings. The predicted molar refractivity (Wildman–Crippen MR) is 98.2 cm³/mol. The van der Waals surface area contributed by atoms with Crippen molar-refractivity contribution in [3.8, 4) is 0 Å². The average Bonchev–Trinajstić information content (AvgIpc) is 2.66. The summed E-state index contributed by atoms with van der Waals surface area (Å²) in [6.45, 7) is 0.522. The first-order valence-electron chi connectivity index (χ1n) is 7.77. The number of rotatable bonds is 5. The third kappa shape index (κ3) is 3.69. The number of ether oxygens (including phenoxy) is 1. The van der Waals surface area contributed by atoms with Gasteiger partial charge in [0.05, 0.1) is 17.4 Å². The Balaban J connectivity index is 1.77. The fourth-order valence-corrected chi connectivity index (χ4v) is 2.56. The highest BCUT2D eigenvalue weighted by Crippen LogP contribution is 2.30. The van der Waals surface area contributed by atoms with Gasteiger partial charge < -0.3 is 10.1 Å². The van der Waals surface area contributed by atoms with Crippen LogP contribution in [0.3, 0.4) is 0 Å². The van der Waals surface area contributed by atoms with E-state index in [4.69, 9.17) is 0 Å².